The highest BCUT2D eigenvalue weighted by Crippen LogP contribution is 2.38. The Hall–Kier alpha value is -2.62. The standard InChI is InChI=1S/C20H25BrN2O7/c1-6-28-17(26)22-23(18(27)29-7-2)20(16(25)30-19(3,4)5)11-12-10-13(21)8-9-14(12)15(20)24/h8-10H,6-7,11H2,1-5H3,(H,22,26)/t20-/m1/s1. The summed E-state index contributed by atoms with van der Waals surface area (Å²) in [5.74, 6) is -1.68. The molecule has 0 heterocycles. The van der Waals surface area contributed by atoms with Gasteiger partial charge in [-0.05, 0) is 58.4 Å². The van der Waals surface area contributed by atoms with Gasteiger partial charge in [-0.1, -0.05) is 15.9 Å². The smallest absolute Gasteiger partial charge is 0.430 e. The van der Waals surface area contributed by atoms with Gasteiger partial charge in [0.05, 0.1) is 13.2 Å². The summed E-state index contributed by atoms with van der Waals surface area (Å²) < 4.78 is 16.1. The van der Waals surface area contributed by atoms with E-state index in [0.29, 0.717) is 15.0 Å². The number of hydrogen-bond donors (Lipinski definition) is 1. The lowest BCUT2D eigenvalue weighted by atomic mass is 9.93. The number of ketones is 1. The van der Waals surface area contributed by atoms with Crippen molar-refractivity contribution in [3.8, 4) is 0 Å². The lowest BCUT2D eigenvalue weighted by Crippen LogP contribution is -2.68. The van der Waals surface area contributed by atoms with Gasteiger partial charge in [-0.3, -0.25) is 4.79 Å². The quantitative estimate of drug-likeness (QED) is 0.301. The van der Waals surface area contributed by atoms with E-state index in [2.05, 4.69) is 21.4 Å². The van der Waals surface area contributed by atoms with Gasteiger partial charge in [-0.25, -0.2) is 19.8 Å². The van der Waals surface area contributed by atoms with Crippen LogP contribution in [0.15, 0.2) is 22.7 Å². The van der Waals surface area contributed by atoms with Crippen molar-refractivity contribution in [2.75, 3.05) is 13.2 Å². The van der Waals surface area contributed by atoms with E-state index in [1.54, 1.807) is 52.8 Å². The Kier molecular flexibility index (Phi) is 7.12. The average Bonchev–Trinajstić information content (AvgIpc) is 2.91. The third-order valence-electron chi connectivity index (χ3n) is 4.18. The molecule has 0 aliphatic heterocycles. The fraction of sp³-hybridized carbons (Fsp3) is 0.500. The number of rotatable bonds is 4. The molecule has 0 saturated heterocycles. The predicted octanol–water partition coefficient (Wildman–Crippen LogP) is 3.39. The van der Waals surface area contributed by atoms with Crippen LogP contribution in [0.2, 0.25) is 0 Å². The lowest BCUT2D eigenvalue weighted by molar-refractivity contribution is -0.166. The maximum Gasteiger partial charge on any atom is 0.430 e. The Balaban J connectivity index is 2.64. The second-order valence-corrected chi connectivity index (χ2v) is 8.45. The lowest BCUT2D eigenvalue weighted by Gasteiger charge is -2.37. The maximum absolute atomic E-state index is 13.5. The van der Waals surface area contributed by atoms with Crippen molar-refractivity contribution in [3.05, 3.63) is 33.8 Å². The molecule has 0 bridgehead atoms. The second kappa shape index (κ2) is 9.03. The van der Waals surface area contributed by atoms with Gasteiger partial charge >= 0.3 is 18.2 Å². The number of benzene rings is 1. The minimum absolute atomic E-state index is 0.0169. The Bertz CT molecular complexity index is 865. The number of Topliss-reactive ketones (excluding diaryl/α,β-unsaturated/α-hetero) is 1. The minimum Gasteiger partial charge on any atom is -0.458 e. The molecule has 1 aromatic rings. The Morgan fingerprint density at radius 1 is 1.17 bits per heavy atom. The van der Waals surface area contributed by atoms with Crippen molar-refractivity contribution in [2.24, 2.45) is 0 Å². The van der Waals surface area contributed by atoms with Gasteiger partial charge in [0.2, 0.25) is 11.3 Å². The van der Waals surface area contributed by atoms with Crippen LogP contribution >= 0.6 is 15.9 Å². The first kappa shape index (κ1) is 23.7. The molecule has 0 radical (unpaired) electrons. The molecule has 2 amide bonds. The monoisotopic (exact) mass is 484 g/mol. The maximum atomic E-state index is 13.5. The molecular formula is C20H25BrN2O7. The molecule has 0 unspecified atom stereocenters. The number of halogens is 1. The molecule has 0 fully saturated rings. The summed E-state index contributed by atoms with van der Waals surface area (Å²) >= 11 is 3.34. The Morgan fingerprint density at radius 2 is 1.80 bits per heavy atom. The summed E-state index contributed by atoms with van der Waals surface area (Å²) in [6, 6.07) is 4.87. The van der Waals surface area contributed by atoms with Crippen LogP contribution in [0.3, 0.4) is 0 Å². The van der Waals surface area contributed by atoms with Gasteiger partial charge < -0.3 is 14.2 Å². The first-order valence-electron chi connectivity index (χ1n) is 9.43. The second-order valence-electron chi connectivity index (χ2n) is 7.54. The number of nitrogens with one attached hydrogen (secondary N) is 1. The van der Waals surface area contributed by atoms with Gasteiger partial charge in [-0.15, -0.1) is 0 Å². The van der Waals surface area contributed by atoms with Crippen LogP contribution in [0.4, 0.5) is 9.59 Å². The topological polar surface area (TPSA) is 111 Å². The number of carbonyl (C=O) groups is 4. The van der Waals surface area contributed by atoms with Crippen LogP contribution in [-0.4, -0.2) is 53.3 Å². The van der Waals surface area contributed by atoms with E-state index in [1.807, 2.05) is 0 Å². The molecular weight excluding hydrogens is 460 g/mol. The third kappa shape index (κ3) is 4.75. The first-order chi connectivity index (χ1) is 14.0. The zero-order chi connectivity index (χ0) is 22.7. The number of esters is 1. The highest BCUT2D eigenvalue weighted by atomic mass is 79.9. The van der Waals surface area contributed by atoms with Gasteiger partial charge in [0.15, 0.2) is 0 Å². The molecule has 0 spiro atoms. The van der Waals surface area contributed by atoms with Crippen molar-refractivity contribution < 1.29 is 33.4 Å². The number of fused-ring (bicyclic) bond motifs is 1. The van der Waals surface area contributed by atoms with Crippen molar-refractivity contribution in [3.63, 3.8) is 0 Å². The third-order valence-corrected chi connectivity index (χ3v) is 4.67. The molecule has 1 aliphatic carbocycles. The van der Waals surface area contributed by atoms with Gasteiger partial charge in [0, 0.05) is 16.5 Å². The number of nitrogens with zero attached hydrogens (tertiary/aromatic N) is 1. The zero-order valence-corrected chi connectivity index (χ0v) is 19.1. The molecule has 1 atom stereocenters. The van der Waals surface area contributed by atoms with E-state index >= 15 is 0 Å². The van der Waals surface area contributed by atoms with Crippen LogP contribution in [0.5, 0.6) is 0 Å². The summed E-state index contributed by atoms with van der Waals surface area (Å²) in [4.78, 5) is 51.8. The molecule has 1 aromatic carbocycles. The molecule has 1 N–H and O–H groups in total. The Morgan fingerprint density at radius 3 is 2.37 bits per heavy atom. The molecule has 10 heteroatoms. The fourth-order valence-corrected chi connectivity index (χ4v) is 3.46. The molecule has 30 heavy (non-hydrogen) atoms. The highest BCUT2D eigenvalue weighted by Gasteiger charge is 2.61. The highest BCUT2D eigenvalue weighted by molar-refractivity contribution is 9.10. The average molecular weight is 485 g/mol. The SMILES string of the molecule is CCOC(=O)NN(C(=O)OCC)[C@]1(C(=O)OC(C)(C)C)Cc2cc(Br)ccc2C1=O. The van der Waals surface area contributed by atoms with Gasteiger partial charge in [0.25, 0.3) is 0 Å². The van der Waals surface area contributed by atoms with Crippen LogP contribution in [0, 0.1) is 0 Å². The van der Waals surface area contributed by atoms with Crippen molar-refractivity contribution in [1.82, 2.24) is 10.4 Å². The molecule has 1 aliphatic rings. The normalized spacial score (nSPS) is 17.7. The Labute approximate surface area is 183 Å². The molecule has 2 rings (SSSR count). The van der Waals surface area contributed by atoms with E-state index in [0.717, 1.165) is 0 Å². The number of amides is 2. The van der Waals surface area contributed by atoms with Gasteiger partial charge in [0.1, 0.15) is 5.60 Å². The predicted molar refractivity (Wildman–Crippen MR) is 110 cm³/mol. The summed E-state index contributed by atoms with van der Waals surface area (Å²) in [5.41, 5.74) is -0.189. The number of hydrogen-bond acceptors (Lipinski definition) is 7. The molecule has 164 valence electrons. The number of carbonyl (C=O) groups excluding carboxylic acids is 4. The molecule has 0 aromatic heterocycles. The van der Waals surface area contributed by atoms with Crippen LogP contribution in [-0.2, 0) is 25.4 Å². The van der Waals surface area contributed by atoms with Crippen molar-refractivity contribution >= 4 is 39.9 Å². The van der Waals surface area contributed by atoms with Crippen LogP contribution in [0.1, 0.15) is 50.5 Å². The van der Waals surface area contributed by atoms with E-state index in [1.165, 1.54) is 0 Å². The summed E-state index contributed by atoms with van der Waals surface area (Å²) in [6.45, 7) is 8.01. The van der Waals surface area contributed by atoms with Gasteiger partial charge in [-0.2, -0.15) is 5.01 Å². The van der Waals surface area contributed by atoms with E-state index < -0.39 is 35.1 Å². The van der Waals surface area contributed by atoms with E-state index in [9.17, 15) is 19.2 Å². The fourth-order valence-electron chi connectivity index (χ4n) is 3.05. The largest absolute Gasteiger partial charge is 0.458 e. The number of ether oxygens (including phenoxy) is 3. The summed E-state index contributed by atoms with van der Waals surface area (Å²) in [6.07, 6.45) is -2.31. The molecule has 0 saturated carbocycles. The summed E-state index contributed by atoms with van der Waals surface area (Å²) in [5, 5.41) is 0.582. The number of hydrazine groups is 1. The first-order valence-corrected chi connectivity index (χ1v) is 10.2. The van der Waals surface area contributed by atoms with E-state index in [-0.39, 0.29) is 25.2 Å². The van der Waals surface area contributed by atoms with Crippen molar-refractivity contribution in [2.45, 2.75) is 52.2 Å². The minimum atomic E-state index is -2.19. The summed E-state index contributed by atoms with van der Waals surface area (Å²) in [7, 11) is 0. The van der Waals surface area contributed by atoms with E-state index in [4.69, 9.17) is 14.2 Å². The molecule has 9 nitrogen and oxygen atoms in total. The van der Waals surface area contributed by atoms with Crippen molar-refractivity contribution in [1.29, 1.82) is 0 Å². The zero-order valence-electron chi connectivity index (χ0n) is 17.5. The van der Waals surface area contributed by atoms with Crippen LogP contribution in [0.25, 0.3) is 0 Å². The van der Waals surface area contributed by atoms with Crippen LogP contribution < -0.4 is 5.43 Å².